The van der Waals surface area contributed by atoms with Gasteiger partial charge in [-0.1, -0.05) is 12.1 Å². The van der Waals surface area contributed by atoms with Gasteiger partial charge < -0.3 is 14.2 Å². The van der Waals surface area contributed by atoms with Crippen LogP contribution >= 0.6 is 0 Å². The Kier molecular flexibility index (Phi) is 2.83. The number of aliphatic imine (C=N–C) groups is 1. The molecule has 0 aliphatic carbocycles. The van der Waals surface area contributed by atoms with Crippen LogP contribution in [-0.2, 0) is 4.79 Å². The number of benzene rings is 2. The number of methoxy groups -OCH3 is 1. The van der Waals surface area contributed by atoms with Crippen molar-refractivity contribution in [3.8, 4) is 11.4 Å². The van der Waals surface area contributed by atoms with E-state index >= 15 is 0 Å². The Balaban J connectivity index is 1.89. The fourth-order valence-corrected chi connectivity index (χ4v) is 3.88. The van der Waals surface area contributed by atoms with Crippen molar-refractivity contribution in [3.63, 3.8) is 0 Å². The van der Waals surface area contributed by atoms with Crippen LogP contribution in [0.3, 0.4) is 0 Å². The Labute approximate surface area is 145 Å². The highest BCUT2D eigenvalue weighted by molar-refractivity contribution is 6.10. The number of carbonyl (C=O) groups excluding carboxylic acids is 1. The molecule has 0 spiro atoms. The minimum atomic E-state index is -0.0247. The molecule has 5 heteroatoms. The van der Waals surface area contributed by atoms with Crippen molar-refractivity contribution in [2.75, 3.05) is 14.2 Å². The predicted molar refractivity (Wildman–Crippen MR) is 97.1 cm³/mol. The fourth-order valence-electron chi connectivity index (χ4n) is 3.88. The Morgan fingerprint density at radius 3 is 2.84 bits per heavy atom. The second-order valence-corrected chi connectivity index (χ2v) is 6.50. The molecule has 2 aromatic carbocycles. The number of para-hydroxylation sites is 2. The van der Waals surface area contributed by atoms with Crippen molar-refractivity contribution in [1.82, 2.24) is 9.47 Å². The molecule has 2 aliphatic heterocycles. The average molecular weight is 331 g/mol. The number of nitrogens with zero attached hydrogens (tertiary/aromatic N) is 3. The van der Waals surface area contributed by atoms with Crippen LogP contribution in [0.2, 0.25) is 0 Å². The quantitative estimate of drug-likeness (QED) is 0.683. The van der Waals surface area contributed by atoms with Crippen LogP contribution in [0.15, 0.2) is 53.5 Å². The van der Waals surface area contributed by atoms with Gasteiger partial charge in [-0.15, -0.1) is 0 Å². The van der Waals surface area contributed by atoms with Crippen molar-refractivity contribution >= 4 is 28.3 Å². The van der Waals surface area contributed by atoms with Gasteiger partial charge in [-0.3, -0.25) is 4.79 Å². The second kappa shape index (κ2) is 4.96. The summed E-state index contributed by atoms with van der Waals surface area (Å²) in [7, 11) is 3.48. The van der Waals surface area contributed by atoms with Crippen molar-refractivity contribution in [3.05, 3.63) is 54.2 Å². The maximum absolute atomic E-state index is 12.3. The van der Waals surface area contributed by atoms with Crippen LogP contribution in [0, 0.1) is 0 Å². The van der Waals surface area contributed by atoms with E-state index in [0.717, 1.165) is 39.6 Å². The third kappa shape index (κ3) is 1.89. The highest BCUT2D eigenvalue weighted by Crippen LogP contribution is 2.42. The van der Waals surface area contributed by atoms with E-state index < -0.39 is 0 Å². The second-order valence-electron chi connectivity index (χ2n) is 6.50. The number of likely N-dealkylation sites (N-methyl/N-ethyl adjacent to an activating group) is 1. The number of hydrogen-bond acceptors (Lipinski definition) is 3. The molecule has 1 unspecified atom stereocenters. The Bertz CT molecular complexity index is 1060. The first kappa shape index (κ1) is 14.3. The largest absolute Gasteiger partial charge is 0.497 e. The number of ether oxygens (including phenoxy) is 1. The molecule has 0 N–H and O–H groups in total. The SMILES string of the molecule is COc1ccc2cc3n(c2c1)-c1ccccc1N=C1C3CC(=O)N1C. The number of carbonyl (C=O) groups is 1. The summed E-state index contributed by atoms with van der Waals surface area (Å²) in [5, 5.41) is 1.13. The molecule has 1 amide bonds. The molecule has 0 saturated carbocycles. The molecular formula is C20H17N3O2. The van der Waals surface area contributed by atoms with E-state index in [9.17, 15) is 4.79 Å². The van der Waals surface area contributed by atoms with E-state index in [2.05, 4.69) is 22.8 Å². The Hall–Kier alpha value is -3.08. The topological polar surface area (TPSA) is 46.8 Å². The van der Waals surface area contributed by atoms with Gasteiger partial charge in [0.2, 0.25) is 5.91 Å². The van der Waals surface area contributed by atoms with Crippen molar-refractivity contribution < 1.29 is 9.53 Å². The van der Waals surface area contributed by atoms with Crippen LogP contribution in [0.1, 0.15) is 18.0 Å². The van der Waals surface area contributed by atoms with Gasteiger partial charge in [0.1, 0.15) is 11.6 Å². The molecule has 1 fully saturated rings. The van der Waals surface area contributed by atoms with Gasteiger partial charge in [0.05, 0.1) is 29.9 Å². The first-order valence-corrected chi connectivity index (χ1v) is 8.31. The molecule has 3 aromatic rings. The molecule has 25 heavy (non-hydrogen) atoms. The van der Waals surface area contributed by atoms with E-state index in [1.54, 1.807) is 12.0 Å². The monoisotopic (exact) mass is 331 g/mol. The van der Waals surface area contributed by atoms with Gasteiger partial charge in [-0.25, -0.2) is 4.99 Å². The van der Waals surface area contributed by atoms with Crippen molar-refractivity contribution in [2.45, 2.75) is 12.3 Å². The van der Waals surface area contributed by atoms with Crippen LogP contribution in [0.25, 0.3) is 16.6 Å². The molecular weight excluding hydrogens is 314 g/mol. The molecule has 5 rings (SSSR count). The first-order valence-electron chi connectivity index (χ1n) is 8.31. The normalized spacial score (nSPS) is 18.5. The standard InChI is InChI=1S/C20H17N3O2/c1-22-19(24)11-14-18-9-12-7-8-13(25-2)10-17(12)23(18)16-6-4-3-5-15(16)21-20(14)22/h3-10,14H,11H2,1-2H3. The smallest absolute Gasteiger partial charge is 0.228 e. The molecule has 3 heterocycles. The van der Waals surface area contributed by atoms with Crippen LogP contribution in [-0.4, -0.2) is 35.4 Å². The van der Waals surface area contributed by atoms with Gasteiger partial charge in [-0.05, 0) is 30.3 Å². The summed E-state index contributed by atoms with van der Waals surface area (Å²) in [6.07, 6.45) is 0.455. The summed E-state index contributed by atoms with van der Waals surface area (Å²) in [5.41, 5.74) is 4.08. The molecule has 1 saturated heterocycles. The maximum atomic E-state index is 12.3. The van der Waals surface area contributed by atoms with E-state index in [-0.39, 0.29) is 11.8 Å². The van der Waals surface area contributed by atoms with Crippen molar-refractivity contribution in [2.24, 2.45) is 4.99 Å². The fraction of sp³-hybridized carbons (Fsp3) is 0.200. The zero-order valence-electron chi connectivity index (χ0n) is 14.1. The van der Waals surface area contributed by atoms with Gasteiger partial charge in [0.25, 0.3) is 0 Å². The number of rotatable bonds is 1. The number of amidine groups is 1. The summed E-state index contributed by atoms with van der Waals surface area (Å²) in [4.78, 5) is 18.8. The Morgan fingerprint density at radius 2 is 2.00 bits per heavy atom. The van der Waals surface area contributed by atoms with Gasteiger partial charge in [0.15, 0.2) is 0 Å². The molecule has 0 bridgehead atoms. The van der Waals surface area contributed by atoms with E-state index in [0.29, 0.717) is 6.42 Å². The third-order valence-electron chi connectivity index (χ3n) is 5.16. The lowest BCUT2D eigenvalue weighted by molar-refractivity contribution is -0.124. The highest BCUT2D eigenvalue weighted by atomic mass is 16.5. The summed E-state index contributed by atoms with van der Waals surface area (Å²) >= 11 is 0. The predicted octanol–water partition coefficient (Wildman–Crippen LogP) is 3.63. The lowest BCUT2D eigenvalue weighted by Gasteiger charge is -2.13. The minimum Gasteiger partial charge on any atom is -0.497 e. The number of hydrogen-bond donors (Lipinski definition) is 0. The summed E-state index contributed by atoms with van der Waals surface area (Å²) in [6.45, 7) is 0. The van der Waals surface area contributed by atoms with Gasteiger partial charge >= 0.3 is 0 Å². The zero-order chi connectivity index (χ0) is 17.1. The van der Waals surface area contributed by atoms with Crippen LogP contribution in [0.4, 0.5) is 5.69 Å². The average Bonchev–Trinajstić information content (AvgIpc) is 3.09. The zero-order valence-corrected chi connectivity index (χ0v) is 14.1. The van der Waals surface area contributed by atoms with E-state index in [1.807, 2.05) is 37.4 Å². The highest BCUT2D eigenvalue weighted by Gasteiger charge is 2.39. The lowest BCUT2D eigenvalue weighted by Crippen LogP contribution is -2.25. The Morgan fingerprint density at radius 1 is 1.16 bits per heavy atom. The number of amides is 1. The van der Waals surface area contributed by atoms with Crippen LogP contribution in [0.5, 0.6) is 5.75 Å². The van der Waals surface area contributed by atoms with Crippen LogP contribution < -0.4 is 4.74 Å². The van der Waals surface area contributed by atoms with Gasteiger partial charge in [0, 0.05) is 30.6 Å². The molecule has 124 valence electrons. The number of fused-ring (bicyclic) bond motifs is 7. The maximum Gasteiger partial charge on any atom is 0.228 e. The molecule has 0 radical (unpaired) electrons. The third-order valence-corrected chi connectivity index (χ3v) is 5.16. The summed E-state index contributed by atoms with van der Waals surface area (Å²) < 4.78 is 7.64. The number of aromatic nitrogens is 1. The molecule has 5 nitrogen and oxygen atoms in total. The molecule has 1 atom stereocenters. The molecule has 1 aromatic heterocycles. The van der Waals surface area contributed by atoms with E-state index in [4.69, 9.17) is 9.73 Å². The van der Waals surface area contributed by atoms with E-state index in [1.165, 1.54) is 0 Å². The minimum absolute atomic E-state index is 0.0247. The summed E-state index contributed by atoms with van der Waals surface area (Å²) in [5.74, 6) is 1.72. The summed E-state index contributed by atoms with van der Waals surface area (Å²) in [6, 6.07) is 16.3. The molecule has 2 aliphatic rings. The number of likely N-dealkylation sites (tertiary alicyclic amines) is 1. The van der Waals surface area contributed by atoms with Crippen molar-refractivity contribution in [1.29, 1.82) is 0 Å². The van der Waals surface area contributed by atoms with Gasteiger partial charge in [-0.2, -0.15) is 0 Å². The lowest BCUT2D eigenvalue weighted by atomic mass is 10.0. The first-order chi connectivity index (χ1) is 12.2.